The number of nitrogens with one attached hydrogen (secondary N) is 1. The van der Waals surface area contributed by atoms with Crippen molar-refractivity contribution in [2.45, 2.75) is 328 Å². The molecule has 11 amide bonds. The van der Waals surface area contributed by atoms with E-state index >= 15 is 0 Å². The number of carbonyl (C=O) groups excluding carboxylic acids is 14. The molecule has 760 valence electrons. The van der Waals surface area contributed by atoms with E-state index in [0.717, 1.165) is 17.5 Å². The number of hydrogen-bond acceptors (Lipinski definition) is 22. The van der Waals surface area contributed by atoms with Crippen LogP contribution in [0.5, 0.6) is 0 Å². The summed E-state index contributed by atoms with van der Waals surface area (Å²) in [7, 11) is 12.8. The minimum atomic E-state index is -1.16. The molecular formula is C103H165N9O21S2. The lowest BCUT2D eigenvalue weighted by molar-refractivity contribution is -0.150. The maximum absolute atomic E-state index is 14.7. The lowest BCUT2D eigenvalue weighted by atomic mass is 9.83. The van der Waals surface area contributed by atoms with Crippen molar-refractivity contribution < 1.29 is 101 Å². The van der Waals surface area contributed by atoms with Gasteiger partial charge in [0.15, 0.2) is 11.6 Å². The van der Waals surface area contributed by atoms with E-state index in [-0.39, 0.29) is 199 Å². The molecule has 2 aromatic rings. The Hall–Kier alpha value is -8.01. The zero-order valence-corrected chi connectivity index (χ0v) is 87.3. The number of hydrogen-bond donors (Lipinski definition) is 3. The van der Waals surface area contributed by atoms with Gasteiger partial charge in [-0.2, -0.15) is 23.5 Å². The molecular weight excluding hydrogens is 1760 g/mol. The van der Waals surface area contributed by atoms with E-state index in [9.17, 15) is 82.1 Å². The molecule has 0 radical (unpaired) electrons. The molecule has 32 heteroatoms. The number of carboxylic acid groups (broad SMARTS) is 1. The van der Waals surface area contributed by atoms with Crippen molar-refractivity contribution >= 4 is 112 Å². The summed E-state index contributed by atoms with van der Waals surface area (Å²) < 4.78 is 24.0. The van der Waals surface area contributed by atoms with Crippen LogP contribution in [0.15, 0.2) is 60.7 Å². The molecule has 6 rings (SSSR count). The quantitative estimate of drug-likeness (QED) is 0.0409. The van der Waals surface area contributed by atoms with E-state index in [4.69, 9.17) is 18.9 Å². The number of likely N-dealkylation sites (N-methyl/N-ethyl adjacent to an activating group) is 4. The van der Waals surface area contributed by atoms with Gasteiger partial charge in [0.05, 0.1) is 96.0 Å². The third-order valence-corrected chi connectivity index (χ3v) is 30.7. The van der Waals surface area contributed by atoms with Crippen molar-refractivity contribution in [3.63, 3.8) is 0 Å². The van der Waals surface area contributed by atoms with E-state index < -0.39 is 102 Å². The highest BCUT2D eigenvalue weighted by molar-refractivity contribution is 8.00. The summed E-state index contributed by atoms with van der Waals surface area (Å²) in [4.78, 5) is 215. The van der Waals surface area contributed by atoms with E-state index in [2.05, 4.69) is 5.32 Å². The van der Waals surface area contributed by atoms with Crippen molar-refractivity contribution in [3.8, 4) is 0 Å². The van der Waals surface area contributed by atoms with Crippen LogP contribution in [0.25, 0.3) is 0 Å². The first kappa shape index (κ1) is 117. The smallest absolute Gasteiger partial charge is 0.326 e. The maximum Gasteiger partial charge on any atom is 0.326 e. The van der Waals surface area contributed by atoms with Gasteiger partial charge in [-0.25, -0.2) is 4.79 Å². The van der Waals surface area contributed by atoms with Gasteiger partial charge in [0.2, 0.25) is 65.0 Å². The second-order valence-corrected chi connectivity index (χ2v) is 41.5. The van der Waals surface area contributed by atoms with Gasteiger partial charge < -0.3 is 63.9 Å². The molecule has 0 saturated carbocycles. The number of thioether (sulfide) groups is 2. The van der Waals surface area contributed by atoms with Crippen LogP contribution >= 0.6 is 23.5 Å². The molecule has 21 atom stereocenters. The Morgan fingerprint density at radius 1 is 0.474 bits per heavy atom. The number of rotatable bonds is 58. The molecule has 0 spiro atoms. The molecule has 0 aliphatic carbocycles. The van der Waals surface area contributed by atoms with Crippen LogP contribution in [0.1, 0.15) is 256 Å². The van der Waals surface area contributed by atoms with Gasteiger partial charge in [-0.1, -0.05) is 190 Å². The van der Waals surface area contributed by atoms with Crippen molar-refractivity contribution in [3.05, 3.63) is 71.8 Å². The fraction of sp³-hybridized carbons (Fsp3) is 0.738. The van der Waals surface area contributed by atoms with Crippen LogP contribution < -0.4 is 5.32 Å². The Morgan fingerprint density at radius 2 is 0.859 bits per heavy atom. The number of aliphatic hydroxyl groups is 1. The van der Waals surface area contributed by atoms with Crippen LogP contribution in [-0.4, -0.2) is 310 Å². The van der Waals surface area contributed by atoms with Crippen molar-refractivity contribution in [2.24, 2.45) is 65.1 Å². The molecule has 3 N–H and O–H groups in total. The first-order chi connectivity index (χ1) is 63.8. The van der Waals surface area contributed by atoms with E-state index in [0.29, 0.717) is 96.8 Å². The summed E-state index contributed by atoms with van der Waals surface area (Å²) in [6, 6.07) is 13.8. The van der Waals surface area contributed by atoms with Gasteiger partial charge >= 0.3 is 5.97 Å². The first-order valence-corrected chi connectivity index (χ1v) is 51.8. The number of imide groups is 2. The molecule has 0 bridgehead atoms. The SMILES string of the molecule is CC[C@H](C)[C@@H]([C@@H](CC(=O)N1CCC[C@H]1[C@H](OC)[C@@H](C)C(=O)C[C@H](C)[C@@H](O)c1ccccc1)OC)N(C)C(=O)[C@@H](CC(=O)[C@H](C(C)C)N(C)C(=O)CCCCCN1C(=O)CC(SC)C1=O)C(C)C.CC[C@H](C)[C@@H]([C@@H](CC(=O)N1CCC[C@H]1[C@H](OC)[C@@H](C)C(=O)N[C@@H](Cc1ccccc1)C(=O)O)OC)N(C)C(=O)[C@@H](CC(=O)[C@H](C(C)C)N(C)C(=O)CCCCCN1C(=O)CC(SC)C1=O)C(C)C. The highest BCUT2D eigenvalue weighted by atomic mass is 32.2. The molecule has 4 aliphatic heterocycles. The number of aliphatic hydroxyl groups excluding tert-OH is 1. The number of benzene rings is 2. The molecule has 4 fully saturated rings. The summed E-state index contributed by atoms with van der Waals surface area (Å²) in [5.74, 6) is -8.04. The number of unbranched alkanes of at least 4 members (excludes halogenated alkanes) is 4. The van der Waals surface area contributed by atoms with Crippen LogP contribution in [0, 0.1) is 65.1 Å². The predicted octanol–water partition coefficient (Wildman–Crippen LogP) is 12.5. The van der Waals surface area contributed by atoms with E-state index in [1.54, 1.807) is 81.1 Å². The number of ketones is 3. The molecule has 0 aromatic heterocycles. The van der Waals surface area contributed by atoms with Gasteiger partial charge in [0, 0.05) is 152 Å². The largest absolute Gasteiger partial charge is 0.480 e. The van der Waals surface area contributed by atoms with Gasteiger partial charge in [-0.3, -0.25) is 76.9 Å². The summed E-state index contributed by atoms with van der Waals surface area (Å²) in [6.07, 6.45) is 8.70. The number of carbonyl (C=O) groups is 15. The second kappa shape index (κ2) is 57.5. The van der Waals surface area contributed by atoms with E-state index in [1.807, 2.05) is 158 Å². The summed E-state index contributed by atoms with van der Waals surface area (Å²) in [6.45, 7) is 30.2. The molecule has 4 aliphatic rings. The van der Waals surface area contributed by atoms with Gasteiger partial charge in [0.1, 0.15) is 11.8 Å². The van der Waals surface area contributed by atoms with Crippen molar-refractivity contribution in [1.82, 2.24) is 44.5 Å². The monoisotopic (exact) mass is 1930 g/mol. The molecule has 30 nitrogen and oxygen atoms in total. The number of Topliss-reactive ketones (excluding diaryl/α,β-unsaturated/α-hetero) is 3. The third kappa shape index (κ3) is 32.5. The third-order valence-electron chi connectivity index (χ3n) is 28.9. The van der Waals surface area contributed by atoms with Crippen molar-refractivity contribution in [1.29, 1.82) is 0 Å². The molecule has 4 heterocycles. The Balaban J connectivity index is 0.000000477. The number of aliphatic carboxylic acids is 1. The number of ether oxygens (including phenoxy) is 4. The lowest BCUT2D eigenvalue weighted by Gasteiger charge is -2.41. The Morgan fingerprint density at radius 3 is 1.20 bits per heavy atom. The second-order valence-electron chi connectivity index (χ2n) is 39.4. The minimum Gasteiger partial charge on any atom is -0.480 e. The Kier molecular flexibility index (Phi) is 50.1. The van der Waals surface area contributed by atoms with Crippen LogP contribution in [0.3, 0.4) is 0 Å². The van der Waals surface area contributed by atoms with Gasteiger partial charge in [0.25, 0.3) is 0 Å². The number of nitrogens with zero attached hydrogens (tertiary/aromatic N) is 8. The summed E-state index contributed by atoms with van der Waals surface area (Å²) >= 11 is 2.76. The average molecular weight is 1930 g/mol. The van der Waals surface area contributed by atoms with Crippen LogP contribution in [0.2, 0.25) is 0 Å². The summed E-state index contributed by atoms with van der Waals surface area (Å²) in [5.41, 5.74) is 1.52. The summed E-state index contributed by atoms with van der Waals surface area (Å²) in [5, 5.41) is 22.9. The molecule has 4 saturated heterocycles. The number of likely N-dealkylation sites (tertiary alicyclic amines) is 4. The first-order valence-electron chi connectivity index (χ1n) is 49.2. The molecule has 2 unspecified atom stereocenters. The standard InChI is InChI=1S/C52H84N4O10S.C51H81N5O11S/c1-14-34(6)48(42(65-11)30-45(60)55-27-21-24-39(55)50(66-12)36(8)40(57)28-35(7)49(62)37-22-17-15-18-23-37)54(10)51(63)38(32(2)3)29-41(58)47(33(4)5)53(9)44(59)25-19-16-20-26-56-46(61)31-43(67-13)52(56)64;1-13-33(6)46(40(66-10)29-43(59)55-26-20-23-38(55)47(67-11)34(7)48(61)52-37(51(64)65)27-35-21-16-14-17-22-35)54(9)49(62)36(31(2)3)28-39(57)45(32(4)5)53(8)42(58)24-18-15-19-25-56-44(60)30-41(68-12)50(56)63/h15,17-18,22-23,32-36,38-39,42-43,47-50,62H,14,16,19-21,24-31H2,1-13H3;14,16-17,21-22,31-34,36-38,40-41,45-47H,13,15,18-20,23-30H2,1-12H3,(H,52,61)(H,64,65)/t34-,35-,36-,38-,39-,42+,43?,47-,48-,49+,50+;33-,34+,36-,37-,38-,40+,41?,45-,46-,47+/m00/s1. The lowest BCUT2D eigenvalue weighted by Crippen LogP contribution is -2.55. The highest BCUT2D eigenvalue weighted by Crippen LogP contribution is 2.37. The highest BCUT2D eigenvalue weighted by Gasteiger charge is 2.49. The van der Waals surface area contributed by atoms with E-state index in [1.165, 1.54) is 57.3 Å². The average Bonchev–Trinajstić information content (AvgIpc) is 1.78. The van der Waals surface area contributed by atoms with Crippen molar-refractivity contribution in [2.75, 3.05) is 95.3 Å². The zero-order valence-electron chi connectivity index (χ0n) is 85.6. The number of methoxy groups -OCH3 is 4. The Labute approximate surface area is 813 Å². The van der Waals surface area contributed by atoms with Gasteiger partial charge in [-0.05, 0) is 116 Å². The topological polar surface area (TPSA) is 371 Å². The fourth-order valence-electron chi connectivity index (χ4n) is 20.3. The fourth-order valence-corrected chi connectivity index (χ4v) is 21.6. The normalized spacial score (nSPS) is 20.2. The predicted molar refractivity (Wildman–Crippen MR) is 525 cm³/mol. The molecule has 135 heavy (non-hydrogen) atoms. The zero-order chi connectivity index (χ0) is 101. The van der Waals surface area contributed by atoms with Crippen LogP contribution in [0.4, 0.5) is 0 Å². The minimum absolute atomic E-state index is 0.000711. The molecule has 2 aromatic carbocycles. The van der Waals surface area contributed by atoms with Gasteiger partial charge in [-0.15, -0.1) is 0 Å². The maximum atomic E-state index is 14.7. The Bertz CT molecular complexity index is 4180. The number of carboxylic acids is 1. The van der Waals surface area contributed by atoms with Crippen LogP contribution in [-0.2, 0) is 97.3 Å². The number of amides is 11.